The van der Waals surface area contributed by atoms with Gasteiger partial charge in [-0.25, -0.2) is 12.7 Å². The predicted octanol–water partition coefficient (Wildman–Crippen LogP) is 4.96. The maximum Gasteiger partial charge on any atom is 0.268 e. The van der Waals surface area contributed by atoms with E-state index in [0.29, 0.717) is 16.9 Å². The minimum atomic E-state index is -3.96. The van der Waals surface area contributed by atoms with Gasteiger partial charge >= 0.3 is 0 Å². The number of ether oxygens (including phenoxy) is 1. The van der Waals surface area contributed by atoms with E-state index >= 15 is 0 Å². The van der Waals surface area contributed by atoms with Gasteiger partial charge in [-0.15, -0.1) is 0 Å². The molecule has 8 heteroatoms. The zero-order valence-corrected chi connectivity index (χ0v) is 19.2. The Bertz CT molecular complexity index is 1130. The molecule has 0 radical (unpaired) electrons. The average molecular weight is 479 g/mol. The van der Waals surface area contributed by atoms with E-state index in [-0.39, 0.29) is 17.4 Å². The molecule has 1 heterocycles. The SMILES string of the molecule is COCN(c1noc(C)c1C)S(=O)(=O)c1ccccc1-c1ccc(CBr)cc1C. The highest BCUT2D eigenvalue weighted by Gasteiger charge is 2.31. The highest BCUT2D eigenvalue weighted by Crippen LogP contribution is 2.34. The molecule has 0 amide bonds. The average Bonchev–Trinajstić information content (AvgIpc) is 3.04. The number of alkyl halides is 1. The fraction of sp³-hybridized carbons (Fsp3) is 0.286. The van der Waals surface area contributed by atoms with Crippen LogP contribution < -0.4 is 4.31 Å². The highest BCUT2D eigenvalue weighted by molar-refractivity contribution is 9.08. The van der Waals surface area contributed by atoms with Gasteiger partial charge in [0, 0.05) is 23.6 Å². The topological polar surface area (TPSA) is 72.6 Å². The van der Waals surface area contributed by atoms with Crippen LogP contribution in [0.15, 0.2) is 51.9 Å². The van der Waals surface area contributed by atoms with Crippen molar-refractivity contribution in [2.45, 2.75) is 31.0 Å². The molecule has 0 N–H and O–H groups in total. The van der Waals surface area contributed by atoms with Gasteiger partial charge in [-0.1, -0.05) is 57.5 Å². The van der Waals surface area contributed by atoms with Crippen LogP contribution in [0.4, 0.5) is 5.82 Å². The van der Waals surface area contributed by atoms with Gasteiger partial charge in [0.15, 0.2) is 5.82 Å². The molecule has 0 aliphatic carbocycles. The van der Waals surface area contributed by atoms with Crippen LogP contribution in [0.5, 0.6) is 0 Å². The van der Waals surface area contributed by atoms with Gasteiger partial charge in [-0.2, -0.15) is 0 Å². The summed E-state index contributed by atoms with van der Waals surface area (Å²) in [5.41, 5.74) is 4.27. The Morgan fingerprint density at radius 3 is 2.41 bits per heavy atom. The van der Waals surface area contributed by atoms with Gasteiger partial charge < -0.3 is 9.26 Å². The lowest BCUT2D eigenvalue weighted by Crippen LogP contribution is -2.34. The summed E-state index contributed by atoms with van der Waals surface area (Å²) in [4.78, 5) is 0.187. The molecular weight excluding hydrogens is 456 g/mol. The fourth-order valence-corrected chi connectivity index (χ4v) is 5.08. The third kappa shape index (κ3) is 4.10. The summed E-state index contributed by atoms with van der Waals surface area (Å²) in [7, 11) is -2.52. The molecule has 6 nitrogen and oxygen atoms in total. The van der Waals surface area contributed by atoms with Crippen molar-refractivity contribution in [1.82, 2.24) is 5.16 Å². The van der Waals surface area contributed by atoms with Crippen LogP contribution in [-0.4, -0.2) is 27.4 Å². The number of nitrogens with zero attached hydrogens (tertiary/aromatic N) is 2. The van der Waals surface area contributed by atoms with Crippen molar-refractivity contribution < 1.29 is 17.7 Å². The monoisotopic (exact) mass is 478 g/mol. The quantitative estimate of drug-likeness (QED) is 0.354. The molecule has 0 unspecified atom stereocenters. The Morgan fingerprint density at radius 1 is 1.10 bits per heavy atom. The summed E-state index contributed by atoms with van der Waals surface area (Å²) in [6.45, 7) is 5.31. The van der Waals surface area contributed by atoms with Gasteiger partial charge in [0.05, 0.1) is 4.90 Å². The number of methoxy groups -OCH3 is 1. The second-order valence-electron chi connectivity index (χ2n) is 6.74. The maximum absolute atomic E-state index is 13.7. The zero-order valence-electron chi connectivity index (χ0n) is 16.8. The molecule has 29 heavy (non-hydrogen) atoms. The maximum atomic E-state index is 13.7. The summed E-state index contributed by atoms with van der Waals surface area (Å²) < 4.78 is 38.9. The first-order valence-corrected chi connectivity index (χ1v) is 11.6. The molecular formula is C21H23BrN2O4S. The number of halogens is 1. The van der Waals surface area contributed by atoms with Crippen molar-refractivity contribution in [3.63, 3.8) is 0 Å². The molecule has 0 aliphatic rings. The van der Waals surface area contributed by atoms with E-state index in [2.05, 4.69) is 21.1 Å². The van der Waals surface area contributed by atoms with Crippen molar-refractivity contribution in [3.8, 4) is 11.1 Å². The molecule has 2 aromatic carbocycles. The minimum absolute atomic E-state index is 0.176. The Kier molecular flexibility index (Phi) is 6.45. The number of hydrogen-bond acceptors (Lipinski definition) is 5. The number of sulfonamides is 1. The molecule has 0 aliphatic heterocycles. The molecule has 154 valence electrons. The van der Waals surface area contributed by atoms with E-state index in [1.165, 1.54) is 7.11 Å². The second kappa shape index (κ2) is 8.69. The fourth-order valence-electron chi connectivity index (χ4n) is 3.14. The van der Waals surface area contributed by atoms with E-state index in [1.54, 1.807) is 26.0 Å². The number of rotatable bonds is 7. The van der Waals surface area contributed by atoms with Crippen LogP contribution in [0.25, 0.3) is 11.1 Å². The number of hydrogen-bond donors (Lipinski definition) is 0. The van der Waals surface area contributed by atoms with E-state index in [4.69, 9.17) is 9.26 Å². The standard InChI is InChI=1S/C21H23BrN2O4S/c1-14-11-17(12-22)9-10-18(14)19-7-5-6-8-20(19)29(25,26)24(13-27-4)21-15(2)16(3)28-23-21/h5-11H,12-13H2,1-4H3. The van der Waals surface area contributed by atoms with Crippen LogP contribution in [-0.2, 0) is 20.1 Å². The van der Waals surface area contributed by atoms with Crippen molar-refractivity contribution in [2.75, 3.05) is 18.1 Å². The van der Waals surface area contributed by atoms with Gasteiger partial charge in [-0.05, 0) is 43.5 Å². The van der Waals surface area contributed by atoms with Crippen LogP contribution in [0.3, 0.4) is 0 Å². The second-order valence-corrected chi connectivity index (χ2v) is 9.13. The van der Waals surface area contributed by atoms with Crippen molar-refractivity contribution in [2.24, 2.45) is 0 Å². The molecule has 1 aromatic heterocycles. The molecule has 0 atom stereocenters. The Hall–Kier alpha value is -2.16. The first-order valence-electron chi connectivity index (χ1n) is 9.00. The lowest BCUT2D eigenvalue weighted by Gasteiger charge is -2.23. The first kappa shape index (κ1) is 21.5. The lowest BCUT2D eigenvalue weighted by molar-refractivity contribution is 0.208. The van der Waals surface area contributed by atoms with Crippen LogP contribution >= 0.6 is 15.9 Å². The number of aromatic nitrogens is 1. The minimum Gasteiger partial charge on any atom is -0.363 e. The molecule has 0 spiro atoms. The van der Waals surface area contributed by atoms with Gasteiger partial charge in [0.2, 0.25) is 0 Å². The predicted molar refractivity (Wildman–Crippen MR) is 117 cm³/mol. The smallest absolute Gasteiger partial charge is 0.268 e. The lowest BCUT2D eigenvalue weighted by atomic mass is 9.99. The molecule has 3 rings (SSSR count). The first-order chi connectivity index (χ1) is 13.8. The Balaban J connectivity index is 2.18. The Labute approximate surface area is 179 Å². The summed E-state index contributed by atoms with van der Waals surface area (Å²) in [5.74, 6) is 0.788. The number of aryl methyl sites for hydroxylation is 2. The molecule has 3 aromatic rings. The largest absolute Gasteiger partial charge is 0.363 e. The van der Waals surface area contributed by atoms with E-state index in [0.717, 1.165) is 26.3 Å². The number of benzene rings is 2. The van der Waals surface area contributed by atoms with Crippen LogP contribution in [0, 0.1) is 20.8 Å². The van der Waals surface area contributed by atoms with E-state index < -0.39 is 10.0 Å². The molecule has 0 saturated carbocycles. The van der Waals surface area contributed by atoms with Gasteiger partial charge in [0.25, 0.3) is 10.0 Å². The normalized spacial score (nSPS) is 11.6. The Morgan fingerprint density at radius 2 is 1.83 bits per heavy atom. The number of anilines is 1. The zero-order chi connectivity index (χ0) is 21.2. The van der Waals surface area contributed by atoms with E-state index in [9.17, 15) is 8.42 Å². The van der Waals surface area contributed by atoms with Crippen molar-refractivity contribution >= 4 is 31.8 Å². The van der Waals surface area contributed by atoms with Gasteiger partial charge in [-0.3, -0.25) is 0 Å². The molecule has 0 saturated heterocycles. The highest BCUT2D eigenvalue weighted by atomic mass is 79.9. The van der Waals surface area contributed by atoms with Crippen LogP contribution in [0.1, 0.15) is 22.5 Å². The summed E-state index contributed by atoms with van der Waals surface area (Å²) in [6, 6.07) is 12.9. The third-order valence-corrected chi connectivity index (χ3v) is 7.22. The van der Waals surface area contributed by atoms with Crippen molar-refractivity contribution in [3.05, 3.63) is 64.9 Å². The third-order valence-electron chi connectivity index (χ3n) is 4.81. The summed E-state index contributed by atoms with van der Waals surface area (Å²) in [5, 5.41) is 4.69. The molecule has 0 bridgehead atoms. The summed E-state index contributed by atoms with van der Waals surface area (Å²) in [6.07, 6.45) is 0. The van der Waals surface area contributed by atoms with Gasteiger partial charge in [0.1, 0.15) is 12.5 Å². The van der Waals surface area contributed by atoms with Crippen LogP contribution in [0.2, 0.25) is 0 Å². The molecule has 0 fully saturated rings. The van der Waals surface area contributed by atoms with Crippen molar-refractivity contribution in [1.29, 1.82) is 0 Å². The summed E-state index contributed by atoms with van der Waals surface area (Å²) >= 11 is 3.46. The van der Waals surface area contributed by atoms with E-state index in [1.807, 2.05) is 37.3 Å².